The first kappa shape index (κ1) is 24.7. The van der Waals surface area contributed by atoms with Gasteiger partial charge in [-0.25, -0.2) is 13.8 Å². The lowest BCUT2D eigenvalue weighted by Gasteiger charge is -2.13. The van der Waals surface area contributed by atoms with Crippen LogP contribution in [0.1, 0.15) is 0 Å². The van der Waals surface area contributed by atoms with Crippen LogP contribution >= 0.6 is 0 Å². The van der Waals surface area contributed by atoms with Crippen LogP contribution in [-0.4, -0.2) is 15.0 Å². The summed E-state index contributed by atoms with van der Waals surface area (Å²) in [6.45, 7) is 0. The maximum atomic E-state index is 14.8. The Morgan fingerprint density at radius 3 is 1.83 bits per heavy atom. The predicted molar refractivity (Wildman–Crippen MR) is 153 cm³/mol. The molecule has 0 spiro atoms. The molecule has 7 aromatic rings. The number of rotatable bonds is 4. The van der Waals surface area contributed by atoms with Crippen LogP contribution in [0.25, 0.3) is 66.6 Å². The third-order valence-electron chi connectivity index (χ3n) is 7.18. The minimum absolute atomic E-state index is 0.0612. The van der Waals surface area contributed by atoms with E-state index in [9.17, 15) is 17.6 Å². The van der Waals surface area contributed by atoms with Crippen LogP contribution in [0, 0.1) is 23.5 Å². The van der Waals surface area contributed by atoms with Crippen molar-refractivity contribution < 1.29 is 17.6 Å². The van der Waals surface area contributed by atoms with Crippen LogP contribution in [0.5, 0.6) is 0 Å². The number of fused-ring (bicyclic) bond motifs is 3. The highest BCUT2D eigenvalue weighted by atomic mass is 19.2. The number of aromatic nitrogens is 3. The lowest BCUT2D eigenvalue weighted by atomic mass is 9.97. The smallest absolute Gasteiger partial charge is 0.252 e. The molecule has 0 aliphatic carbocycles. The molecule has 4 aromatic carbocycles. The number of nitrogens with zero attached hydrogens (tertiary/aromatic N) is 2. The Kier molecular flexibility index (Phi) is 5.86. The van der Waals surface area contributed by atoms with Gasteiger partial charge < -0.3 is 4.98 Å². The summed E-state index contributed by atoms with van der Waals surface area (Å²) in [6, 6.07) is 33.7. The van der Waals surface area contributed by atoms with Gasteiger partial charge in [0.1, 0.15) is 0 Å². The summed E-state index contributed by atoms with van der Waals surface area (Å²) < 4.78 is 57.8. The van der Waals surface area contributed by atoms with Crippen molar-refractivity contribution in [2.45, 2.75) is 0 Å². The fourth-order valence-electron chi connectivity index (χ4n) is 5.21. The Balaban J connectivity index is 1.39. The normalized spacial score (nSPS) is 11.4. The molecule has 7 heteroatoms. The number of hydrogen-bond acceptors (Lipinski definition) is 2. The van der Waals surface area contributed by atoms with Crippen molar-refractivity contribution in [2.75, 3.05) is 0 Å². The van der Waals surface area contributed by atoms with Crippen molar-refractivity contribution in [3.05, 3.63) is 133 Å². The van der Waals surface area contributed by atoms with Crippen molar-refractivity contribution >= 4 is 21.8 Å². The van der Waals surface area contributed by atoms with Crippen LogP contribution in [0.2, 0.25) is 0 Å². The van der Waals surface area contributed by atoms with Crippen LogP contribution in [0.15, 0.2) is 109 Å². The Morgan fingerprint density at radius 1 is 0.439 bits per heavy atom. The third kappa shape index (κ3) is 4.32. The average molecular weight is 546 g/mol. The molecular formula is C34H19F4N3. The molecule has 198 valence electrons. The Morgan fingerprint density at radius 2 is 1.05 bits per heavy atom. The molecule has 0 aliphatic rings. The molecule has 1 N–H and O–H groups in total. The molecule has 0 saturated heterocycles. The number of H-pyrrole nitrogens is 1. The summed E-state index contributed by atoms with van der Waals surface area (Å²) in [7, 11) is 0. The summed E-state index contributed by atoms with van der Waals surface area (Å²) in [6.07, 6.45) is 0. The monoisotopic (exact) mass is 545 g/mol. The van der Waals surface area contributed by atoms with E-state index in [0.717, 1.165) is 32.9 Å². The molecule has 0 amide bonds. The second kappa shape index (κ2) is 9.71. The molecule has 0 aliphatic heterocycles. The summed E-state index contributed by atoms with van der Waals surface area (Å²) in [5.41, 5.74) is 5.10. The average Bonchev–Trinajstić information content (AvgIpc) is 3.38. The van der Waals surface area contributed by atoms with Crippen LogP contribution in [-0.2, 0) is 0 Å². The lowest BCUT2D eigenvalue weighted by Crippen LogP contribution is -2.03. The van der Waals surface area contributed by atoms with Gasteiger partial charge in [0.05, 0.1) is 17.0 Å². The zero-order valence-electron chi connectivity index (χ0n) is 21.3. The Bertz CT molecular complexity index is 2080. The number of benzene rings is 4. The number of nitrogens with one attached hydrogen (secondary N) is 1. The van der Waals surface area contributed by atoms with Crippen LogP contribution in [0.4, 0.5) is 17.6 Å². The van der Waals surface area contributed by atoms with Crippen molar-refractivity contribution in [3.8, 4) is 44.8 Å². The van der Waals surface area contributed by atoms with Gasteiger partial charge in [0.25, 0.3) is 11.9 Å². The van der Waals surface area contributed by atoms with Gasteiger partial charge in [-0.3, -0.25) is 0 Å². The fourth-order valence-corrected chi connectivity index (χ4v) is 5.21. The summed E-state index contributed by atoms with van der Waals surface area (Å²) >= 11 is 0. The molecule has 3 heterocycles. The van der Waals surface area contributed by atoms with Gasteiger partial charge in [-0.15, -0.1) is 0 Å². The minimum atomic E-state index is -1.71. The van der Waals surface area contributed by atoms with Gasteiger partial charge in [0.15, 0.2) is 11.6 Å². The van der Waals surface area contributed by atoms with Crippen LogP contribution < -0.4 is 0 Å². The van der Waals surface area contributed by atoms with E-state index in [4.69, 9.17) is 4.98 Å². The molecular weight excluding hydrogens is 526 g/mol. The second-order valence-electron chi connectivity index (χ2n) is 9.70. The highest BCUT2D eigenvalue weighted by Crippen LogP contribution is 2.36. The molecule has 41 heavy (non-hydrogen) atoms. The Hall–Kier alpha value is -5.30. The van der Waals surface area contributed by atoms with E-state index in [-0.39, 0.29) is 5.56 Å². The molecule has 3 aromatic heterocycles. The van der Waals surface area contributed by atoms with E-state index in [0.29, 0.717) is 22.5 Å². The fraction of sp³-hybridized carbons (Fsp3) is 0. The number of halogens is 4. The SMILES string of the molecule is Fc1nc(F)c(F)c(-c2cc(-c3ccccc3)nc(-c3cccc(-c4ccc5c(c4)[nH]c4ccccc45)c3)c2)c1F. The molecule has 0 atom stereocenters. The molecule has 0 saturated carbocycles. The van der Waals surface area contributed by atoms with Gasteiger partial charge in [0, 0.05) is 32.9 Å². The van der Waals surface area contributed by atoms with Crippen LogP contribution in [0.3, 0.4) is 0 Å². The van der Waals surface area contributed by atoms with Gasteiger partial charge in [-0.2, -0.15) is 13.8 Å². The van der Waals surface area contributed by atoms with E-state index in [2.05, 4.69) is 28.2 Å². The molecule has 7 rings (SSSR count). The van der Waals surface area contributed by atoms with Gasteiger partial charge >= 0.3 is 0 Å². The van der Waals surface area contributed by atoms with Crippen molar-refractivity contribution in [1.82, 2.24) is 15.0 Å². The number of pyridine rings is 2. The van der Waals surface area contributed by atoms with Gasteiger partial charge in [-0.05, 0) is 47.0 Å². The summed E-state index contributed by atoms with van der Waals surface area (Å²) in [4.78, 5) is 10.9. The van der Waals surface area contributed by atoms with Crippen molar-refractivity contribution in [3.63, 3.8) is 0 Å². The first-order valence-electron chi connectivity index (χ1n) is 12.9. The van der Waals surface area contributed by atoms with Gasteiger partial charge in [-0.1, -0.05) is 78.9 Å². The van der Waals surface area contributed by atoms with E-state index in [1.54, 1.807) is 24.3 Å². The molecule has 0 fully saturated rings. The summed E-state index contributed by atoms with van der Waals surface area (Å²) in [5, 5.41) is 2.25. The minimum Gasteiger partial charge on any atom is -0.354 e. The Labute approximate surface area is 231 Å². The largest absolute Gasteiger partial charge is 0.354 e. The maximum absolute atomic E-state index is 14.8. The number of hydrogen-bond donors (Lipinski definition) is 1. The highest BCUT2D eigenvalue weighted by Gasteiger charge is 2.23. The molecule has 0 radical (unpaired) electrons. The third-order valence-corrected chi connectivity index (χ3v) is 7.18. The van der Waals surface area contributed by atoms with Crippen molar-refractivity contribution in [2.24, 2.45) is 0 Å². The van der Waals surface area contributed by atoms with Crippen molar-refractivity contribution in [1.29, 1.82) is 0 Å². The standard InChI is InChI=1S/C34H19F4N3/c35-31-30(32(36)34(38)41-33(31)37)23-17-27(19-7-2-1-3-8-19)40-28(18-23)22-10-6-9-20(15-22)21-13-14-25-24-11-4-5-12-26(24)39-29(25)16-21/h1-18,39H. The highest BCUT2D eigenvalue weighted by molar-refractivity contribution is 6.08. The number of para-hydroxylation sites is 1. The summed E-state index contributed by atoms with van der Waals surface area (Å²) in [5.74, 6) is -6.57. The topological polar surface area (TPSA) is 41.6 Å². The molecule has 0 unspecified atom stereocenters. The predicted octanol–water partition coefficient (Wildman–Crippen LogP) is 9.34. The quantitative estimate of drug-likeness (QED) is 0.177. The second-order valence-corrected chi connectivity index (χ2v) is 9.70. The molecule has 0 bridgehead atoms. The zero-order chi connectivity index (χ0) is 28.1. The van der Waals surface area contributed by atoms with E-state index in [1.807, 2.05) is 54.6 Å². The maximum Gasteiger partial charge on any atom is 0.252 e. The van der Waals surface area contributed by atoms with E-state index in [1.165, 1.54) is 12.1 Å². The number of aromatic amines is 1. The molecule has 3 nitrogen and oxygen atoms in total. The first-order chi connectivity index (χ1) is 20.0. The first-order valence-corrected chi connectivity index (χ1v) is 12.9. The van der Waals surface area contributed by atoms with E-state index >= 15 is 0 Å². The van der Waals surface area contributed by atoms with E-state index < -0.39 is 29.1 Å². The lowest BCUT2D eigenvalue weighted by molar-refractivity contribution is 0.410. The van der Waals surface area contributed by atoms with Gasteiger partial charge in [0.2, 0.25) is 0 Å². The zero-order valence-corrected chi connectivity index (χ0v) is 21.3.